The molecule has 1 unspecified atom stereocenters. The van der Waals surface area contributed by atoms with Crippen molar-refractivity contribution < 1.29 is 19.4 Å². The van der Waals surface area contributed by atoms with Crippen LogP contribution in [0.5, 0.6) is 11.5 Å². The molecular weight excluding hydrogens is 222 g/mol. The maximum Gasteiger partial charge on any atom is 0.344 e. The molecule has 1 atom stereocenters. The molecule has 0 saturated heterocycles. The molecule has 17 heavy (non-hydrogen) atoms. The number of anilines is 1. The SMILES string of the molecule is CCCC(Oc1ccc(OC)cc1N)C(=O)O. The monoisotopic (exact) mass is 239 g/mol. The number of nitrogens with two attached hydrogens (primary N) is 1. The number of benzene rings is 1. The van der Waals surface area contributed by atoms with Crippen molar-refractivity contribution in [2.24, 2.45) is 0 Å². The van der Waals surface area contributed by atoms with Gasteiger partial charge in [-0.15, -0.1) is 0 Å². The number of nitrogen functional groups attached to an aromatic ring is 1. The van der Waals surface area contributed by atoms with Crippen LogP contribution in [-0.4, -0.2) is 24.3 Å². The van der Waals surface area contributed by atoms with Crippen LogP contribution in [0.1, 0.15) is 19.8 Å². The highest BCUT2D eigenvalue weighted by atomic mass is 16.5. The molecule has 0 spiro atoms. The first-order chi connectivity index (χ1) is 8.08. The lowest BCUT2D eigenvalue weighted by molar-refractivity contribution is -0.145. The smallest absolute Gasteiger partial charge is 0.344 e. The number of carboxylic acids is 1. The average Bonchev–Trinajstić information content (AvgIpc) is 2.30. The van der Waals surface area contributed by atoms with Crippen LogP contribution >= 0.6 is 0 Å². The average molecular weight is 239 g/mol. The number of methoxy groups -OCH3 is 1. The van der Waals surface area contributed by atoms with E-state index in [4.69, 9.17) is 20.3 Å². The minimum atomic E-state index is -0.984. The molecule has 0 saturated carbocycles. The summed E-state index contributed by atoms with van der Waals surface area (Å²) in [6, 6.07) is 4.89. The van der Waals surface area contributed by atoms with E-state index in [-0.39, 0.29) is 0 Å². The van der Waals surface area contributed by atoms with Gasteiger partial charge in [0.15, 0.2) is 6.10 Å². The first kappa shape index (κ1) is 13.2. The van der Waals surface area contributed by atoms with Gasteiger partial charge in [-0.2, -0.15) is 0 Å². The van der Waals surface area contributed by atoms with Crippen LogP contribution in [0.2, 0.25) is 0 Å². The van der Waals surface area contributed by atoms with E-state index in [9.17, 15) is 4.79 Å². The van der Waals surface area contributed by atoms with Gasteiger partial charge in [-0.3, -0.25) is 0 Å². The fraction of sp³-hybridized carbons (Fsp3) is 0.417. The predicted octanol–water partition coefficient (Wildman–Crippen LogP) is 1.91. The molecule has 5 heteroatoms. The van der Waals surface area contributed by atoms with Crippen LogP contribution in [-0.2, 0) is 4.79 Å². The molecule has 3 N–H and O–H groups in total. The second-order valence-corrected chi connectivity index (χ2v) is 3.64. The molecular formula is C12H17NO4. The third-order valence-electron chi connectivity index (χ3n) is 2.31. The van der Waals surface area contributed by atoms with Crippen LogP contribution < -0.4 is 15.2 Å². The Kier molecular flexibility index (Phi) is 4.63. The van der Waals surface area contributed by atoms with Gasteiger partial charge in [0.2, 0.25) is 0 Å². The van der Waals surface area contributed by atoms with E-state index in [1.54, 1.807) is 18.2 Å². The number of hydrogen-bond acceptors (Lipinski definition) is 4. The predicted molar refractivity (Wildman–Crippen MR) is 64.4 cm³/mol. The topological polar surface area (TPSA) is 81.8 Å². The Hall–Kier alpha value is -1.91. The van der Waals surface area contributed by atoms with Crippen molar-refractivity contribution in [3.05, 3.63) is 18.2 Å². The molecule has 94 valence electrons. The van der Waals surface area contributed by atoms with E-state index in [1.807, 2.05) is 6.92 Å². The van der Waals surface area contributed by atoms with Crippen LogP contribution in [0.25, 0.3) is 0 Å². The van der Waals surface area contributed by atoms with Gasteiger partial charge >= 0.3 is 5.97 Å². The Bertz CT molecular complexity index is 392. The molecule has 5 nitrogen and oxygen atoms in total. The van der Waals surface area contributed by atoms with Crippen LogP contribution in [0.3, 0.4) is 0 Å². The van der Waals surface area contributed by atoms with Gasteiger partial charge in [0.1, 0.15) is 11.5 Å². The second-order valence-electron chi connectivity index (χ2n) is 3.64. The highest BCUT2D eigenvalue weighted by Gasteiger charge is 2.19. The minimum absolute atomic E-state index is 0.367. The molecule has 0 heterocycles. The number of ether oxygens (including phenoxy) is 2. The molecule has 0 aliphatic carbocycles. The van der Waals surface area contributed by atoms with Crippen molar-refractivity contribution in [2.45, 2.75) is 25.9 Å². The summed E-state index contributed by atoms with van der Waals surface area (Å²) in [6.07, 6.45) is 0.309. The zero-order chi connectivity index (χ0) is 12.8. The zero-order valence-electron chi connectivity index (χ0n) is 9.97. The van der Waals surface area contributed by atoms with Crippen LogP contribution in [0.15, 0.2) is 18.2 Å². The molecule has 1 aromatic rings. The van der Waals surface area contributed by atoms with Crippen molar-refractivity contribution in [2.75, 3.05) is 12.8 Å². The number of hydrogen-bond donors (Lipinski definition) is 2. The summed E-state index contributed by atoms with van der Waals surface area (Å²) in [5.41, 5.74) is 6.11. The van der Waals surface area contributed by atoms with E-state index in [0.717, 1.165) is 6.42 Å². The van der Waals surface area contributed by atoms with Crippen molar-refractivity contribution in [3.63, 3.8) is 0 Å². The first-order valence-electron chi connectivity index (χ1n) is 5.41. The number of aliphatic carboxylic acids is 1. The summed E-state index contributed by atoms with van der Waals surface area (Å²) in [5.74, 6) is -0.00839. The summed E-state index contributed by atoms with van der Waals surface area (Å²) in [5, 5.41) is 8.97. The summed E-state index contributed by atoms with van der Waals surface area (Å²) < 4.78 is 10.4. The van der Waals surface area contributed by atoms with E-state index in [0.29, 0.717) is 23.6 Å². The standard InChI is InChI=1S/C12H17NO4/c1-3-4-11(12(14)15)17-10-6-5-8(16-2)7-9(10)13/h5-7,11H,3-4,13H2,1-2H3,(H,14,15). The summed E-state index contributed by atoms with van der Waals surface area (Å²) >= 11 is 0. The van der Waals surface area contributed by atoms with E-state index >= 15 is 0 Å². The Morgan fingerprint density at radius 3 is 2.71 bits per heavy atom. The van der Waals surface area contributed by atoms with E-state index < -0.39 is 12.1 Å². The molecule has 0 bridgehead atoms. The molecule has 0 radical (unpaired) electrons. The molecule has 0 aromatic heterocycles. The van der Waals surface area contributed by atoms with Gasteiger partial charge in [0.25, 0.3) is 0 Å². The third kappa shape index (κ3) is 3.55. The lowest BCUT2D eigenvalue weighted by atomic mass is 10.2. The van der Waals surface area contributed by atoms with Crippen molar-refractivity contribution in [3.8, 4) is 11.5 Å². The lowest BCUT2D eigenvalue weighted by Crippen LogP contribution is -2.27. The highest BCUT2D eigenvalue weighted by molar-refractivity contribution is 5.73. The molecule has 1 aromatic carbocycles. The number of rotatable bonds is 6. The van der Waals surface area contributed by atoms with Crippen LogP contribution in [0, 0.1) is 0 Å². The van der Waals surface area contributed by atoms with Crippen LogP contribution in [0.4, 0.5) is 5.69 Å². The Morgan fingerprint density at radius 1 is 1.53 bits per heavy atom. The summed E-state index contributed by atoms with van der Waals surface area (Å²) in [4.78, 5) is 10.9. The molecule has 0 amide bonds. The zero-order valence-corrected chi connectivity index (χ0v) is 9.97. The lowest BCUT2D eigenvalue weighted by Gasteiger charge is -2.16. The van der Waals surface area contributed by atoms with E-state index in [1.165, 1.54) is 7.11 Å². The summed E-state index contributed by atoms with van der Waals surface area (Å²) in [6.45, 7) is 1.90. The molecule has 1 rings (SSSR count). The Balaban J connectivity index is 2.82. The van der Waals surface area contributed by atoms with Gasteiger partial charge in [-0.25, -0.2) is 4.79 Å². The first-order valence-corrected chi connectivity index (χ1v) is 5.41. The maximum atomic E-state index is 10.9. The number of carboxylic acid groups (broad SMARTS) is 1. The largest absolute Gasteiger partial charge is 0.497 e. The van der Waals surface area contributed by atoms with Crippen molar-refractivity contribution >= 4 is 11.7 Å². The van der Waals surface area contributed by atoms with Gasteiger partial charge in [-0.05, 0) is 18.6 Å². The fourth-order valence-electron chi connectivity index (χ4n) is 1.41. The highest BCUT2D eigenvalue weighted by Crippen LogP contribution is 2.27. The quantitative estimate of drug-likeness (QED) is 0.741. The Labute approximate surface area is 100 Å². The van der Waals surface area contributed by atoms with Gasteiger partial charge in [0, 0.05) is 6.07 Å². The van der Waals surface area contributed by atoms with E-state index in [2.05, 4.69) is 0 Å². The maximum absolute atomic E-state index is 10.9. The molecule has 0 aliphatic rings. The fourth-order valence-corrected chi connectivity index (χ4v) is 1.41. The third-order valence-corrected chi connectivity index (χ3v) is 2.31. The number of carbonyl (C=O) groups is 1. The molecule has 0 fully saturated rings. The minimum Gasteiger partial charge on any atom is -0.497 e. The van der Waals surface area contributed by atoms with Crippen molar-refractivity contribution in [1.82, 2.24) is 0 Å². The second kappa shape index (κ2) is 5.98. The van der Waals surface area contributed by atoms with Gasteiger partial charge in [-0.1, -0.05) is 13.3 Å². The van der Waals surface area contributed by atoms with Gasteiger partial charge < -0.3 is 20.3 Å². The Morgan fingerprint density at radius 2 is 2.24 bits per heavy atom. The summed E-state index contributed by atoms with van der Waals surface area (Å²) in [7, 11) is 1.53. The van der Waals surface area contributed by atoms with Crippen molar-refractivity contribution in [1.29, 1.82) is 0 Å². The molecule has 0 aliphatic heterocycles. The normalized spacial score (nSPS) is 11.9. The van der Waals surface area contributed by atoms with Gasteiger partial charge in [0.05, 0.1) is 12.8 Å².